The molecule has 0 bridgehead atoms. The minimum absolute atomic E-state index is 0.102. The molecule has 0 fully saturated rings. The maximum Gasteiger partial charge on any atom is 0.306 e. The lowest BCUT2D eigenvalue weighted by atomic mass is 10.1. The lowest BCUT2D eigenvalue weighted by Crippen LogP contribution is -2.30. The van der Waals surface area contributed by atoms with Crippen LogP contribution in [0.25, 0.3) is 0 Å². The van der Waals surface area contributed by atoms with E-state index in [1.165, 1.54) is 70.6 Å². The van der Waals surface area contributed by atoms with Gasteiger partial charge in [-0.15, -0.1) is 0 Å². The van der Waals surface area contributed by atoms with E-state index >= 15 is 0 Å². The zero-order valence-corrected chi connectivity index (χ0v) is 42.7. The van der Waals surface area contributed by atoms with Crippen LogP contribution in [-0.2, 0) is 28.6 Å². The Bertz CT molecular complexity index is 1370. The van der Waals surface area contributed by atoms with Crippen LogP contribution in [0.3, 0.4) is 0 Å². The summed E-state index contributed by atoms with van der Waals surface area (Å²) in [6.45, 7) is 6.42. The number of unbranched alkanes of at least 4 members (excludes halogenated alkanes) is 18. The van der Waals surface area contributed by atoms with Crippen molar-refractivity contribution >= 4 is 17.9 Å². The van der Waals surface area contributed by atoms with E-state index in [2.05, 4.69) is 130 Å². The zero-order valence-electron chi connectivity index (χ0n) is 42.7. The van der Waals surface area contributed by atoms with Gasteiger partial charge in [-0.1, -0.05) is 214 Å². The van der Waals surface area contributed by atoms with Crippen molar-refractivity contribution in [2.24, 2.45) is 0 Å². The molecule has 0 aliphatic heterocycles. The van der Waals surface area contributed by atoms with Crippen LogP contribution in [0.15, 0.2) is 109 Å². The van der Waals surface area contributed by atoms with Gasteiger partial charge >= 0.3 is 17.9 Å². The first-order chi connectivity index (χ1) is 32.5. The van der Waals surface area contributed by atoms with Gasteiger partial charge in [0, 0.05) is 19.3 Å². The molecule has 0 saturated heterocycles. The molecule has 6 nitrogen and oxygen atoms in total. The summed E-state index contributed by atoms with van der Waals surface area (Å²) in [6, 6.07) is 0. The SMILES string of the molecule is CC/C=C\C/C=C\C/C=C\C/C=C\C/C=C\CCCCCC(=O)OC[C@@H](COC(=O)CCCCCCCCCCCC)OC(=O)CCCCC/C=C\C/C=C\C/C=C\C/C=C\CCCCC. The van der Waals surface area contributed by atoms with Gasteiger partial charge in [-0.3, -0.25) is 14.4 Å². The van der Waals surface area contributed by atoms with Crippen LogP contribution in [0.1, 0.15) is 233 Å². The van der Waals surface area contributed by atoms with Gasteiger partial charge in [-0.05, 0) is 109 Å². The van der Waals surface area contributed by atoms with E-state index in [0.29, 0.717) is 12.8 Å². The summed E-state index contributed by atoms with van der Waals surface area (Å²) in [6.07, 6.45) is 72.1. The number of rotatable bonds is 47. The van der Waals surface area contributed by atoms with Gasteiger partial charge in [-0.25, -0.2) is 0 Å². The summed E-state index contributed by atoms with van der Waals surface area (Å²) in [5.41, 5.74) is 0. The van der Waals surface area contributed by atoms with E-state index in [0.717, 1.165) is 122 Å². The summed E-state index contributed by atoms with van der Waals surface area (Å²) >= 11 is 0. The predicted octanol–water partition coefficient (Wildman–Crippen LogP) is 17.9. The van der Waals surface area contributed by atoms with Gasteiger partial charge in [0.15, 0.2) is 6.10 Å². The van der Waals surface area contributed by atoms with E-state index < -0.39 is 6.10 Å². The monoisotopic (exact) mass is 915 g/mol. The van der Waals surface area contributed by atoms with Crippen molar-refractivity contribution in [1.82, 2.24) is 0 Å². The van der Waals surface area contributed by atoms with Crippen molar-refractivity contribution in [2.75, 3.05) is 13.2 Å². The molecule has 0 saturated carbocycles. The fourth-order valence-corrected chi connectivity index (χ4v) is 6.98. The van der Waals surface area contributed by atoms with Crippen LogP contribution in [0.5, 0.6) is 0 Å². The lowest BCUT2D eigenvalue weighted by molar-refractivity contribution is -0.167. The molecule has 0 spiro atoms. The molecule has 0 amide bonds. The van der Waals surface area contributed by atoms with Gasteiger partial charge < -0.3 is 14.2 Å². The second kappa shape index (κ2) is 53.7. The highest BCUT2D eigenvalue weighted by molar-refractivity contribution is 5.71. The van der Waals surface area contributed by atoms with Gasteiger partial charge in [-0.2, -0.15) is 0 Å². The van der Waals surface area contributed by atoms with Crippen molar-refractivity contribution in [3.63, 3.8) is 0 Å². The van der Waals surface area contributed by atoms with Crippen LogP contribution in [0.4, 0.5) is 0 Å². The van der Waals surface area contributed by atoms with Crippen LogP contribution in [0.2, 0.25) is 0 Å². The number of allylic oxidation sites excluding steroid dienone is 18. The highest BCUT2D eigenvalue weighted by Crippen LogP contribution is 2.13. The van der Waals surface area contributed by atoms with Crippen molar-refractivity contribution in [1.29, 1.82) is 0 Å². The van der Waals surface area contributed by atoms with Crippen LogP contribution < -0.4 is 0 Å². The molecule has 0 heterocycles. The molecule has 0 aliphatic rings. The molecule has 1 atom stereocenters. The van der Waals surface area contributed by atoms with Crippen LogP contribution >= 0.6 is 0 Å². The maximum absolute atomic E-state index is 12.8. The number of carbonyl (C=O) groups excluding carboxylic acids is 3. The summed E-state index contributed by atoms with van der Waals surface area (Å²) < 4.78 is 16.7. The maximum atomic E-state index is 12.8. The van der Waals surface area contributed by atoms with E-state index in [9.17, 15) is 14.4 Å². The largest absolute Gasteiger partial charge is 0.462 e. The average Bonchev–Trinajstić information content (AvgIpc) is 3.31. The fraction of sp³-hybridized carbons (Fsp3) is 0.650. The van der Waals surface area contributed by atoms with Crippen molar-refractivity contribution < 1.29 is 28.6 Å². The third-order valence-corrected chi connectivity index (χ3v) is 11.0. The summed E-state index contributed by atoms with van der Waals surface area (Å²) in [5, 5.41) is 0. The van der Waals surface area contributed by atoms with E-state index in [1.807, 2.05) is 0 Å². The number of ether oxygens (including phenoxy) is 3. The third kappa shape index (κ3) is 51.1. The molecule has 374 valence electrons. The molecular weight excluding hydrogens is 817 g/mol. The highest BCUT2D eigenvalue weighted by atomic mass is 16.6. The molecule has 0 aliphatic carbocycles. The Balaban J connectivity index is 4.48. The van der Waals surface area contributed by atoms with Gasteiger partial charge in [0.2, 0.25) is 0 Å². The Labute approximate surface area is 406 Å². The van der Waals surface area contributed by atoms with Crippen LogP contribution in [0, 0.1) is 0 Å². The number of carbonyl (C=O) groups is 3. The second-order valence-corrected chi connectivity index (χ2v) is 17.4. The first-order valence-electron chi connectivity index (χ1n) is 26.9. The average molecular weight is 915 g/mol. The van der Waals surface area contributed by atoms with E-state index in [1.54, 1.807) is 0 Å². The van der Waals surface area contributed by atoms with Crippen molar-refractivity contribution in [2.45, 2.75) is 239 Å². The van der Waals surface area contributed by atoms with E-state index in [-0.39, 0.29) is 37.5 Å². The van der Waals surface area contributed by atoms with E-state index in [4.69, 9.17) is 14.2 Å². The fourth-order valence-electron chi connectivity index (χ4n) is 6.98. The van der Waals surface area contributed by atoms with Crippen molar-refractivity contribution in [3.05, 3.63) is 109 Å². The first-order valence-corrected chi connectivity index (χ1v) is 26.9. The summed E-state index contributed by atoms with van der Waals surface area (Å²) in [7, 11) is 0. The molecule has 0 radical (unpaired) electrons. The number of hydrogen-bond donors (Lipinski definition) is 0. The molecule has 0 aromatic heterocycles. The Hall–Kier alpha value is -3.93. The van der Waals surface area contributed by atoms with Gasteiger partial charge in [0.1, 0.15) is 13.2 Å². The number of hydrogen-bond acceptors (Lipinski definition) is 6. The first kappa shape index (κ1) is 62.1. The molecule has 0 unspecified atom stereocenters. The molecule has 0 rings (SSSR count). The Morgan fingerprint density at radius 2 is 0.591 bits per heavy atom. The van der Waals surface area contributed by atoms with Gasteiger partial charge in [0.25, 0.3) is 0 Å². The summed E-state index contributed by atoms with van der Waals surface area (Å²) in [5.74, 6) is -0.972. The minimum atomic E-state index is -0.808. The molecule has 0 aromatic rings. The quantitative estimate of drug-likeness (QED) is 0.0262. The molecule has 0 N–H and O–H groups in total. The molecular formula is C60H98O6. The standard InChI is InChI=1S/C60H98O6/c1-4-7-10-13-16-19-22-24-26-28-30-32-34-36-38-41-44-47-50-53-59(62)65-56-57(55-64-58(61)52-49-46-43-40-21-18-15-12-9-6-3)66-60(63)54-51-48-45-42-39-37-35-33-31-29-27-25-23-20-17-14-11-8-5-2/h7,10,16-17,19-20,24-27,30-33,36-39,57H,4-6,8-9,11-15,18,21-23,28-29,34-35,40-56H2,1-3H3/b10-7-,19-16-,20-17-,26-24-,27-25-,32-30-,33-31-,38-36-,39-37-/t57-/m1/s1. The Morgan fingerprint density at radius 3 is 0.955 bits per heavy atom. The van der Waals surface area contributed by atoms with Crippen molar-refractivity contribution in [3.8, 4) is 0 Å². The van der Waals surface area contributed by atoms with Crippen LogP contribution in [-0.4, -0.2) is 37.2 Å². The molecule has 66 heavy (non-hydrogen) atoms. The van der Waals surface area contributed by atoms with Gasteiger partial charge in [0.05, 0.1) is 0 Å². The normalized spacial score (nSPS) is 13.0. The smallest absolute Gasteiger partial charge is 0.306 e. The Morgan fingerprint density at radius 1 is 0.318 bits per heavy atom. The highest BCUT2D eigenvalue weighted by Gasteiger charge is 2.19. The summed E-state index contributed by atoms with van der Waals surface area (Å²) in [4.78, 5) is 38.0. The second-order valence-electron chi connectivity index (χ2n) is 17.4. The number of esters is 3. The molecule has 0 aromatic carbocycles. The minimum Gasteiger partial charge on any atom is -0.462 e. The predicted molar refractivity (Wildman–Crippen MR) is 283 cm³/mol. The third-order valence-electron chi connectivity index (χ3n) is 11.0. The topological polar surface area (TPSA) is 78.9 Å². The Kier molecular flexibility index (Phi) is 50.5. The zero-order chi connectivity index (χ0) is 47.9. The molecule has 6 heteroatoms. The lowest BCUT2D eigenvalue weighted by Gasteiger charge is -2.18.